The summed E-state index contributed by atoms with van der Waals surface area (Å²) < 4.78 is 23.1. The Kier molecular flexibility index (Phi) is 7.76. The van der Waals surface area contributed by atoms with Gasteiger partial charge in [-0.3, -0.25) is 4.79 Å². The number of ketones is 1. The van der Waals surface area contributed by atoms with Crippen LogP contribution >= 0.6 is 0 Å². The molecule has 6 rings (SSSR count). The van der Waals surface area contributed by atoms with Crippen LogP contribution in [0.1, 0.15) is 27.2 Å². The van der Waals surface area contributed by atoms with E-state index in [4.69, 9.17) is 9.84 Å². The molecule has 8 heteroatoms. The van der Waals surface area contributed by atoms with Gasteiger partial charge in [0, 0.05) is 17.3 Å². The van der Waals surface area contributed by atoms with E-state index in [0.717, 1.165) is 16.8 Å². The summed E-state index contributed by atoms with van der Waals surface area (Å²) in [6.07, 6.45) is 6.90. The largest absolute Gasteiger partial charge is 0.486 e. The molecular weight excluding hydrogens is 529 g/mol. The van der Waals surface area contributed by atoms with Crippen molar-refractivity contribution in [3.05, 3.63) is 156 Å². The maximum atomic E-state index is 13.6. The number of benzene rings is 4. The zero-order chi connectivity index (χ0) is 28.7. The number of carbonyl (C=O) groups excluding carboxylic acids is 1. The first-order chi connectivity index (χ1) is 20.6. The van der Waals surface area contributed by atoms with Crippen molar-refractivity contribution in [2.45, 2.75) is 13.2 Å². The summed E-state index contributed by atoms with van der Waals surface area (Å²) in [5.41, 5.74) is 5.14. The van der Waals surface area contributed by atoms with E-state index in [0.29, 0.717) is 34.8 Å². The van der Waals surface area contributed by atoms with Crippen molar-refractivity contribution in [3.8, 4) is 22.7 Å². The first kappa shape index (κ1) is 26.6. The Bertz CT molecular complexity index is 1830. The fourth-order valence-corrected chi connectivity index (χ4v) is 4.51. The van der Waals surface area contributed by atoms with Crippen LogP contribution in [0, 0.1) is 5.82 Å². The minimum Gasteiger partial charge on any atom is -0.486 e. The lowest BCUT2D eigenvalue weighted by atomic mass is 10.1. The summed E-state index contributed by atoms with van der Waals surface area (Å²) in [5, 5.41) is 13.1. The molecule has 6 aromatic rings. The zero-order valence-corrected chi connectivity index (χ0v) is 22.5. The maximum Gasteiger partial charge on any atom is 0.189 e. The molecule has 0 saturated heterocycles. The first-order valence-electron chi connectivity index (χ1n) is 13.4. The second-order valence-electron chi connectivity index (χ2n) is 9.60. The number of nitrogens with zero attached hydrogens (tertiary/aromatic N) is 5. The van der Waals surface area contributed by atoms with E-state index in [2.05, 4.69) is 10.3 Å². The van der Waals surface area contributed by atoms with Crippen LogP contribution in [0.2, 0.25) is 0 Å². The van der Waals surface area contributed by atoms with Crippen LogP contribution in [-0.2, 0) is 13.2 Å². The molecule has 0 spiro atoms. The summed E-state index contributed by atoms with van der Waals surface area (Å²) in [6, 6.07) is 32.9. The van der Waals surface area contributed by atoms with Gasteiger partial charge in [0.2, 0.25) is 0 Å². The molecule has 0 atom stereocenters. The number of halogens is 1. The Hall–Kier alpha value is -5.63. The van der Waals surface area contributed by atoms with Gasteiger partial charge in [-0.15, -0.1) is 5.10 Å². The minimum absolute atomic E-state index is 0.168. The number of rotatable bonds is 10. The van der Waals surface area contributed by atoms with Crippen LogP contribution in [-0.4, -0.2) is 30.6 Å². The molecule has 2 heterocycles. The number of ether oxygens (including phenoxy) is 1. The molecule has 0 N–H and O–H groups in total. The number of para-hydroxylation sites is 2. The topological polar surface area (TPSA) is 74.8 Å². The molecule has 0 aliphatic carbocycles. The number of hydrogen-bond donors (Lipinski definition) is 0. The standard InChI is InChI=1S/C34H26FN5O2/c35-28-18-15-26(16-19-28)34-27(22-40(37-34)30-11-5-2-6-12-30)17-20-32(41)31-13-7-8-14-33(31)42-24-29-23-39(38-36-29)21-25-9-3-1-4-10-25/h1-20,22-23H,21,24H2/b20-17+. The molecule has 0 aliphatic heterocycles. The third-order valence-electron chi connectivity index (χ3n) is 6.60. The third-order valence-corrected chi connectivity index (χ3v) is 6.60. The Morgan fingerprint density at radius 3 is 2.33 bits per heavy atom. The van der Waals surface area contributed by atoms with Crippen LogP contribution in [0.3, 0.4) is 0 Å². The average molecular weight is 556 g/mol. The summed E-state index contributed by atoms with van der Waals surface area (Å²) in [4.78, 5) is 13.4. The van der Waals surface area contributed by atoms with Gasteiger partial charge in [-0.1, -0.05) is 65.9 Å². The highest BCUT2D eigenvalue weighted by atomic mass is 19.1. The van der Waals surface area contributed by atoms with Gasteiger partial charge in [-0.25, -0.2) is 13.8 Å². The molecule has 0 saturated carbocycles. The average Bonchev–Trinajstić information content (AvgIpc) is 3.67. The van der Waals surface area contributed by atoms with Crippen LogP contribution < -0.4 is 4.74 Å². The van der Waals surface area contributed by atoms with E-state index >= 15 is 0 Å². The van der Waals surface area contributed by atoms with Gasteiger partial charge in [0.05, 0.1) is 29.7 Å². The van der Waals surface area contributed by atoms with E-state index in [1.54, 1.807) is 45.8 Å². The molecular formula is C34H26FN5O2. The van der Waals surface area contributed by atoms with Crippen LogP contribution in [0.4, 0.5) is 4.39 Å². The lowest BCUT2D eigenvalue weighted by molar-refractivity contribution is 0.104. The van der Waals surface area contributed by atoms with Crippen molar-refractivity contribution >= 4 is 11.9 Å². The number of hydrogen-bond acceptors (Lipinski definition) is 5. The van der Waals surface area contributed by atoms with Crippen molar-refractivity contribution < 1.29 is 13.9 Å². The smallest absolute Gasteiger partial charge is 0.189 e. The van der Waals surface area contributed by atoms with Gasteiger partial charge >= 0.3 is 0 Å². The predicted molar refractivity (Wildman–Crippen MR) is 159 cm³/mol. The highest BCUT2D eigenvalue weighted by Gasteiger charge is 2.14. The fraction of sp³-hybridized carbons (Fsp3) is 0.0588. The Balaban J connectivity index is 1.20. The Morgan fingerprint density at radius 1 is 0.833 bits per heavy atom. The Labute approximate surface area is 242 Å². The lowest BCUT2D eigenvalue weighted by Crippen LogP contribution is -2.03. The molecule has 0 fully saturated rings. The van der Waals surface area contributed by atoms with Crippen molar-refractivity contribution in [2.75, 3.05) is 0 Å². The van der Waals surface area contributed by atoms with Gasteiger partial charge in [0.15, 0.2) is 5.78 Å². The summed E-state index contributed by atoms with van der Waals surface area (Å²) in [5.74, 6) is -0.108. The summed E-state index contributed by atoms with van der Waals surface area (Å²) >= 11 is 0. The van der Waals surface area contributed by atoms with Gasteiger partial charge in [-0.05, 0) is 66.2 Å². The molecule has 0 aliphatic rings. The van der Waals surface area contributed by atoms with Gasteiger partial charge in [-0.2, -0.15) is 5.10 Å². The van der Waals surface area contributed by atoms with Gasteiger partial charge < -0.3 is 4.74 Å². The number of allylic oxidation sites excluding steroid dienone is 1. The molecule has 0 bridgehead atoms. The first-order valence-corrected chi connectivity index (χ1v) is 13.4. The predicted octanol–water partition coefficient (Wildman–Crippen LogP) is 6.79. The van der Waals surface area contributed by atoms with Crippen LogP contribution in [0.15, 0.2) is 128 Å². The second-order valence-corrected chi connectivity index (χ2v) is 9.60. The molecule has 42 heavy (non-hydrogen) atoms. The third kappa shape index (κ3) is 6.23. The second kappa shape index (κ2) is 12.3. The van der Waals surface area contributed by atoms with Crippen LogP contribution in [0.5, 0.6) is 5.75 Å². The number of aromatic nitrogens is 5. The Morgan fingerprint density at radius 2 is 1.55 bits per heavy atom. The van der Waals surface area contributed by atoms with Crippen molar-refractivity contribution in [1.82, 2.24) is 24.8 Å². The molecule has 2 aromatic heterocycles. The summed E-state index contributed by atoms with van der Waals surface area (Å²) in [6.45, 7) is 0.774. The highest BCUT2D eigenvalue weighted by molar-refractivity contribution is 6.08. The molecule has 4 aromatic carbocycles. The molecule has 0 radical (unpaired) electrons. The molecule has 0 amide bonds. The van der Waals surface area contributed by atoms with Crippen molar-refractivity contribution in [1.29, 1.82) is 0 Å². The SMILES string of the molecule is O=C(/C=C/c1cn(-c2ccccc2)nc1-c1ccc(F)cc1)c1ccccc1OCc1cn(Cc2ccccc2)nn1. The molecule has 206 valence electrons. The fourth-order valence-electron chi connectivity index (χ4n) is 4.51. The van der Waals surface area contributed by atoms with E-state index < -0.39 is 0 Å². The minimum atomic E-state index is -0.330. The van der Waals surface area contributed by atoms with E-state index in [1.807, 2.05) is 79.1 Å². The maximum absolute atomic E-state index is 13.6. The lowest BCUT2D eigenvalue weighted by Gasteiger charge is -2.08. The van der Waals surface area contributed by atoms with Crippen LogP contribution in [0.25, 0.3) is 23.0 Å². The number of carbonyl (C=O) groups is 1. The molecule has 0 unspecified atom stereocenters. The van der Waals surface area contributed by atoms with E-state index in [1.165, 1.54) is 18.2 Å². The normalized spacial score (nSPS) is 11.2. The molecule has 7 nitrogen and oxygen atoms in total. The zero-order valence-electron chi connectivity index (χ0n) is 22.5. The van der Waals surface area contributed by atoms with Gasteiger partial charge in [0.25, 0.3) is 0 Å². The van der Waals surface area contributed by atoms with E-state index in [-0.39, 0.29) is 18.2 Å². The van der Waals surface area contributed by atoms with E-state index in [9.17, 15) is 9.18 Å². The quantitative estimate of drug-likeness (QED) is 0.137. The van der Waals surface area contributed by atoms with Gasteiger partial charge in [0.1, 0.15) is 23.9 Å². The van der Waals surface area contributed by atoms with Crippen molar-refractivity contribution in [2.24, 2.45) is 0 Å². The van der Waals surface area contributed by atoms with Crippen molar-refractivity contribution in [3.63, 3.8) is 0 Å². The highest BCUT2D eigenvalue weighted by Crippen LogP contribution is 2.26. The monoisotopic (exact) mass is 555 g/mol. The summed E-state index contributed by atoms with van der Waals surface area (Å²) in [7, 11) is 0.